The highest BCUT2D eigenvalue weighted by Gasteiger charge is 2.15. The monoisotopic (exact) mass is 461 g/mol. The van der Waals surface area contributed by atoms with Gasteiger partial charge in [0.1, 0.15) is 5.82 Å². The third-order valence-electron chi connectivity index (χ3n) is 5.64. The van der Waals surface area contributed by atoms with Crippen molar-refractivity contribution in [3.63, 3.8) is 0 Å². The van der Waals surface area contributed by atoms with Gasteiger partial charge in [-0.1, -0.05) is 25.6 Å². The lowest BCUT2D eigenvalue weighted by molar-refractivity contribution is 0.252. The van der Waals surface area contributed by atoms with Gasteiger partial charge in [0.2, 0.25) is 0 Å². The van der Waals surface area contributed by atoms with Gasteiger partial charge in [-0.05, 0) is 61.5 Å². The summed E-state index contributed by atoms with van der Waals surface area (Å²) in [5.41, 5.74) is 10.4. The van der Waals surface area contributed by atoms with Gasteiger partial charge in [-0.15, -0.1) is 0 Å². The zero-order valence-electron chi connectivity index (χ0n) is 20.1. The number of anilines is 3. The first kappa shape index (κ1) is 24.9. The number of carbonyl (C=O) groups excluding carboxylic acids is 1. The summed E-state index contributed by atoms with van der Waals surface area (Å²) in [7, 11) is 0. The van der Waals surface area contributed by atoms with E-state index in [-0.39, 0.29) is 6.03 Å². The van der Waals surface area contributed by atoms with E-state index in [4.69, 9.17) is 5.73 Å². The van der Waals surface area contributed by atoms with Crippen LogP contribution in [0.5, 0.6) is 0 Å². The van der Waals surface area contributed by atoms with Crippen molar-refractivity contribution in [1.29, 1.82) is 0 Å². The molecule has 0 unspecified atom stereocenters. The molecule has 0 radical (unpaired) electrons. The number of hydrogen-bond donors (Lipinski definition) is 4. The zero-order chi connectivity index (χ0) is 24.3. The van der Waals surface area contributed by atoms with Crippen LogP contribution in [0.15, 0.2) is 72.0 Å². The lowest BCUT2D eigenvalue weighted by atomic mass is 10.1. The summed E-state index contributed by atoms with van der Waals surface area (Å²) in [5.74, 6) is 0.523. The van der Waals surface area contributed by atoms with Crippen LogP contribution in [0, 0.1) is 0 Å². The third kappa shape index (κ3) is 7.38. The first-order chi connectivity index (χ1) is 16.5. The van der Waals surface area contributed by atoms with Gasteiger partial charge in [-0.25, -0.2) is 9.79 Å². The first-order valence-electron chi connectivity index (χ1n) is 11.7. The van der Waals surface area contributed by atoms with Crippen LogP contribution in [-0.4, -0.2) is 56.4 Å². The second-order valence-corrected chi connectivity index (χ2v) is 8.00. The largest absolute Gasteiger partial charge is 0.398 e. The van der Waals surface area contributed by atoms with Crippen molar-refractivity contribution in [2.24, 2.45) is 10.7 Å². The highest BCUT2D eigenvalue weighted by atomic mass is 16.2. The molecule has 0 saturated carbocycles. The average molecular weight is 462 g/mol. The number of piperazine rings is 1. The van der Waals surface area contributed by atoms with Crippen LogP contribution in [0.1, 0.15) is 19.4 Å². The number of rotatable bonds is 9. The number of allylic oxidation sites excluding steroid dienone is 1. The second kappa shape index (κ2) is 12.5. The first-order valence-corrected chi connectivity index (χ1v) is 11.7. The Hall–Kier alpha value is -3.78. The van der Waals surface area contributed by atoms with Crippen LogP contribution in [0.25, 0.3) is 5.70 Å². The maximum absolute atomic E-state index is 11.6. The van der Waals surface area contributed by atoms with Crippen molar-refractivity contribution in [3.05, 3.63) is 72.6 Å². The summed E-state index contributed by atoms with van der Waals surface area (Å²) < 4.78 is 0. The molecule has 2 aromatic carbocycles. The quantitative estimate of drug-likeness (QED) is 0.424. The summed E-state index contributed by atoms with van der Waals surface area (Å²) in [6.07, 6.45) is 3.34. The number of likely N-dealkylation sites (N-methyl/N-ethyl adjacent to an activating group) is 1. The lowest BCUT2D eigenvalue weighted by Gasteiger charge is -2.35. The lowest BCUT2D eigenvalue weighted by Crippen LogP contribution is -2.46. The van der Waals surface area contributed by atoms with Crippen LogP contribution >= 0.6 is 0 Å². The summed E-state index contributed by atoms with van der Waals surface area (Å²) in [5, 5.41) is 8.64. The number of hydrogen-bond acceptors (Lipinski definition) is 6. The molecule has 1 aliphatic heterocycles. The van der Waals surface area contributed by atoms with E-state index in [0.29, 0.717) is 23.8 Å². The van der Waals surface area contributed by atoms with Crippen LogP contribution in [0.2, 0.25) is 0 Å². The van der Waals surface area contributed by atoms with Gasteiger partial charge in [0.05, 0.1) is 0 Å². The highest BCUT2D eigenvalue weighted by molar-refractivity contribution is 5.89. The summed E-state index contributed by atoms with van der Waals surface area (Å²) in [6, 6.07) is 15.4. The molecule has 0 aromatic heterocycles. The SMILES string of the molecule is C=C(N=C/C=C(\N)c1ccc(NC(=O)NCC)cc1)Nc1ccc(N2CCN(CC)CC2)cc1. The van der Waals surface area contributed by atoms with E-state index < -0.39 is 0 Å². The molecule has 1 saturated heterocycles. The van der Waals surface area contributed by atoms with Crippen LogP contribution in [0.4, 0.5) is 21.9 Å². The summed E-state index contributed by atoms with van der Waals surface area (Å²) in [6.45, 7) is 14.0. The molecule has 0 atom stereocenters. The average Bonchev–Trinajstić information content (AvgIpc) is 2.85. The Morgan fingerprint density at radius 3 is 2.24 bits per heavy atom. The summed E-state index contributed by atoms with van der Waals surface area (Å²) >= 11 is 0. The van der Waals surface area contributed by atoms with Gasteiger partial charge >= 0.3 is 6.03 Å². The fraction of sp³-hybridized carbons (Fsp3) is 0.308. The Morgan fingerprint density at radius 2 is 1.62 bits per heavy atom. The molecule has 5 N–H and O–H groups in total. The number of urea groups is 1. The number of carbonyl (C=O) groups is 1. The predicted molar refractivity (Wildman–Crippen MR) is 143 cm³/mol. The smallest absolute Gasteiger partial charge is 0.319 e. The van der Waals surface area contributed by atoms with Crippen molar-refractivity contribution in [2.75, 3.05) is 54.8 Å². The molecule has 8 nitrogen and oxygen atoms in total. The van der Waals surface area contributed by atoms with E-state index in [2.05, 4.69) is 56.4 Å². The maximum Gasteiger partial charge on any atom is 0.319 e. The van der Waals surface area contributed by atoms with Crippen molar-refractivity contribution in [2.45, 2.75) is 13.8 Å². The van der Waals surface area contributed by atoms with E-state index in [1.54, 1.807) is 24.4 Å². The molecule has 0 spiro atoms. The number of benzene rings is 2. The second-order valence-electron chi connectivity index (χ2n) is 8.00. The van der Waals surface area contributed by atoms with Crippen LogP contribution < -0.4 is 26.6 Å². The van der Waals surface area contributed by atoms with E-state index in [1.165, 1.54) is 5.69 Å². The fourth-order valence-electron chi connectivity index (χ4n) is 3.66. The van der Waals surface area contributed by atoms with Crippen molar-refractivity contribution in [3.8, 4) is 0 Å². The molecule has 2 amide bonds. The molecule has 0 bridgehead atoms. The van der Waals surface area contributed by atoms with E-state index in [1.807, 2.05) is 31.2 Å². The van der Waals surface area contributed by atoms with Crippen molar-refractivity contribution in [1.82, 2.24) is 10.2 Å². The molecule has 1 heterocycles. The zero-order valence-corrected chi connectivity index (χ0v) is 20.1. The van der Waals surface area contributed by atoms with Gasteiger partial charge in [-0.3, -0.25) is 0 Å². The third-order valence-corrected chi connectivity index (χ3v) is 5.64. The van der Waals surface area contributed by atoms with Crippen molar-refractivity contribution >= 4 is 35.0 Å². The number of nitrogens with one attached hydrogen (secondary N) is 3. The highest BCUT2D eigenvalue weighted by Crippen LogP contribution is 2.20. The standard InChI is InChI=1S/C26H35N7O/c1-4-28-26(34)31-23-8-6-21(7-9-23)25(27)14-15-29-20(3)30-22-10-12-24(13-11-22)33-18-16-32(5-2)17-19-33/h6-15,30H,3-5,16-19,27H2,1-2H3,(H2,28,31,34)/b25-14-,29-15?. The predicted octanol–water partition coefficient (Wildman–Crippen LogP) is 3.92. The minimum atomic E-state index is -0.235. The Morgan fingerprint density at radius 1 is 1.00 bits per heavy atom. The van der Waals surface area contributed by atoms with Gasteiger partial charge in [0, 0.05) is 61.7 Å². The maximum atomic E-state index is 11.6. The Bertz CT molecular complexity index is 1000. The Labute approximate surface area is 202 Å². The number of nitrogens with zero attached hydrogens (tertiary/aromatic N) is 3. The molecule has 8 heteroatoms. The molecule has 180 valence electrons. The van der Waals surface area contributed by atoms with E-state index in [0.717, 1.165) is 44.0 Å². The van der Waals surface area contributed by atoms with Crippen LogP contribution in [-0.2, 0) is 0 Å². The Kier molecular flexibility index (Phi) is 9.11. The number of nitrogens with two attached hydrogens (primary N) is 1. The van der Waals surface area contributed by atoms with Gasteiger partial charge in [0.15, 0.2) is 0 Å². The molecule has 0 aliphatic carbocycles. The normalized spacial score (nSPS) is 14.8. The molecule has 1 aliphatic rings. The summed E-state index contributed by atoms with van der Waals surface area (Å²) in [4.78, 5) is 20.8. The van der Waals surface area contributed by atoms with Gasteiger partial charge in [0.25, 0.3) is 0 Å². The molecule has 34 heavy (non-hydrogen) atoms. The molecule has 1 fully saturated rings. The molecular formula is C26H35N7O. The molecule has 2 aromatic rings. The van der Waals surface area contributed by atoms with E-state index in [9.17, 15) is 4.79 Å². The number of aliphatic imine (C=N–C) groups is 1. The minimum Gasteiger partial charge on any atom is -0.398 e. The van der Waals surface area contributed by atoms with Gasteiger partial charge < -0.3 is 31.5 Å². The van der Waals surface area contributed by atoms with E-state index >= 15 is 0 Å². The topological polar surface area (TPSA) is 98.0 Å². The minimum absolute atomic E-state index is 0.235. The van der Waals surface area contributed by atoms with Crippen LogP contribution in [0.3, 0.4) is 0 Å². The Balaban J connectivity index is 1.49. The molecular weight excluding hydrogens is 426 g/mol. The van der Waals surface area contributed by atoms with Crippen molar-refractivity contribution < 1.29 is 4.79 Å². The number of amides is 2. The molecule has 3 rings (SSSR count). The fourth-order valence-corrected chi connectivity index (χ4v) is 3.66. The van der Waals surface area contributed by atoms with Gasteiger partial charge in [-0.2, -0.15) is 0 Å².